The van der Waals surface area contributed by atoms with Gasteiger partial charge in [0, 0.05) is 11.5 Å². The van der Waals surface area contributed by atoms with Crippen molar-refractivity contribution in [1.82, 2.24) is 0 Å². The molecule has 0 amide bonds. The molecular formula is C5H7S. The molecule has 0 nitrogen and oxygen atoms in total. The predicted molar refractivity (Wildman–Crippen MR) is 30.8 cm³/mol. The molecule has 1 heteroatoms. The summed E-state index contributed by atoms with van der Waals surface area (Å²) in [5.74, 6) is 2.33. The van der Waals surface area contributed by atoms with Crippen LogP contribution in [0.3, 0.4) is 0 Å². The summed E-state index contributed by atoms with van der Waals surface area (Å²) >= 11 is 1.93. The van der Waals surface area contributed by atoms with E-state index in [0.717, 1.165) is 5.75 Å². The molecule has 0 unspecified atom stereocenters. The molecule has 0 aliphatic carbocycles. The van der Waals surface area contributed by atoms with E-state index in [1.54, 1.807) is 0 Å². The van der Waals surface area contributed by atoms with E-state index in [1.165, 1.54) is 11.3 Å². The number of hydrogen-bond donors (Lipinski definition) is 0. The van der Waals surface area contributed by atoms with E-state index < -0.39 is 0 Å². The molecule has 1 aliphatic rings. The second-order valence-corrected chi connectivity index (χ2v) is 2.41. The Labute approximate surface area is 42.6 Å². The van der Waals surface area contributed by atoms with Gasteiger partial charge >= 0.3 is 0 Å². The Morgan fingerprint density at radius 2 is 2.67 bits per heavy atom. The second kappa shape index (κ2) is 1.69. The molecule has 0 aromatic rings. The molecule has 1 radical (unpaired) electrons. The monoisotopic (exact) mass is 99.0 g/mol. The molecular weight excluding hydrogens is 92.1 g/mol. The molecule has 0 aromatic carbocycles. The minimum atomic E-state index is 1.15. The van der Waals surface area contributed by atoms with Gasteiger partial charge in [0.05, 0.1) is 0 Å². The second-order valence-electron chi connectivity index (χ2n) is 1.38. The van der Waals surface area contributed by atoms with E-state index in [0.29, 0.717) is 0 Å². The predicted octanol–water partition coefficient (Wildman–Crippen LogP) is 1.49. The highest BCUT2D eigenvalue weighted by atomic mass is 32.2. The highest BCUT2D eigenvalue weighted by molar-refractivity contribution is 7.99. The van der Waals surface area contributed by atoms with Crippen molar-refractivity contribution in [2.45, 2.75) is 0 Å². The average molecular weight is 99.2 g/mol. The van der Waals surface area contributed by atoms with E-state index in [-0.39, 0.29) is 0 Å². The summed E-state index contributed by atoms with van der Waals surface area (Å²) in [4.78, 5) is 0. The zero-order valence-electron chi connectivity index (χ0n) is 3.61. The zero-order chi connectivity index (χ0) is 4.41. The van der Waals surface area contributed by atoms with Crippen molar-refractivity contribution in [3.05, 3.63) is 18.6 Å². The highest BCUT2D eigenvalue weighted by Gasteiger charge is 1.95. The maximum atomic E-state index is 3.78. The summed E-state index contributed by atoms with van der Waals surface area (Å²) in [6.07, 6.45) is 2.17. The van der Waals surface area contributed by atoms with Crippen LogP contribution < -0.4 is 0 Å². The van der Waals surface area contributed by atoms with Crippen molar-refractivity contribution < 1.29 is 0 Å². The fourth-order valence-electron chi connectivity index (χ4n) is 0.426. The maximum Gasteiger partial charge on any atom is 0.0146 e. The van der Waals surface area contributed by atoms with Crippen molar-refractivity contribution in [2.75, 3.05) is 11.5 Å². The van der Waals surface area contributed by atoms with Gasteiger partial charge in [0.2, 0.25) is 0 Å². The molecule has 6 heavy (non-hydrogen) atoms. The van der Waals surface area contributed by atoms with E-state index in [2.05, 4.69) is 13.0 Å². The lowest BCUT2D eigenvalue weighted by atomic mass is 10.3. The topological polar surface area (TPSA) is 0 Å². The van der Waals surface area contributed by atoms with Crippen LogP contribution in [0.1, 0.15) is 0 Å². The molecule has 0 saturated heterocycles. The Kier molecular flexibility index (Phi) is 1.20. The summed E-state index contributed by atoms with van der Waals surface area (Å²) in [6, 6.07) is 0. The van der Waals surface area contributed by atoms with Gasteiger partial charge in [-0.25, -0.2) is 0 Å². The number of thioether (sulfide) groups is 1. The molecule has 0 spiro atoms. The normalized spacial score (nSPS) is 21.2. The summed E-state index contributed by atoms with van der Waals surface area (Å²) in [7, 11) is 0. The maximum absolute atomic E-state index is 3.78. The van der Waals surface area contributed by atoms with Crippen LogP contribution in [0.15, 0.2) is 11.6 Å². The minimum absolute atomic E-state index is 1.15. The van der Waals surface area contributed by atoms with Crippen molar-refractivity contribution in [3.8, 4) is 0 Å². The smallest absolute Gasteiger partial charge is 0.0146 e. The Hall–Kier alpha value is 0.0900. The van der Waals surface area contributed by atoms with Gasteiger partial charge in [0.15, 0.2) is 0 Å². The quantitative estimate of drug-likeness (QED) is 0.443. The van der Waals surface area contributed by atoms with Crippen molar-refractivity contribution in [3.63, 3.8) is 0 Å². The lowest BCUT2D eigenvalue weighted by molar-refractivity contribution is 1.58. The van der Waals surface area contributed by atoms with Gasteiger partial charge in [-0.05, 0) is 6.92 Å². The van der Waals surface area contributed by atoms with Crippen LogP contribution in [0, 0.1) is 6.92 Å². The van der Waals surface area contributed by atoms with Gasteiger partial charge in [-0.3, -0.25) is 0 Å². The standard InChI is InChI=1S/C5H7S/c1-5-2-3-6-4-5/h2H,1,3-4H2. The molecule has 1 rings (SSSR count). The van der Waals surface area contributed by atoms with E-state index in [9.17, 15) is 0 Å². The van der Waals surface area contributed by atoms with Gasteiger partial charge < -0.3 is 0 Å². The van der Waals surface area contributed by atoms with Crippen molar-refractivity contribution >= 4 is 11.8 Å². The Morgan fingerprint density at radius 1 is 1.83 bits per heavy atom. The molecule has 0 N–H and O–H groups in total. The van der Waals surface area contributed by atoms with E-state index in [4.69, 9.17) is 0 Å². The van der Waals surface area contributed by atoms with Crippen molar-refractivity contribution in [2.24, 2.45) is 0 Å². The molecule has 1 heterocycles. The molecule has 0 fully saturated rings. The van der Waals surface area contributed by atoms with Crippen LogP contribution in [0.25, 0.3) is 0 Å². The molecule has 0 atom stereocenters. The molecule has 0 bridgehead atoms. The first-order valence-corrected chi connectivity index (χ1v) is 3.14. The minimum Gasteiger partial charge on any atom is -0.153 e. The van der Waals surface area contributed by atoms with Gasteiger partial charge in [-0.2, -0.15) is 11.8 Å². The first kappa shape index (κ1) is 4.25. The van der Waals surface area contributed by atoms with Gasteiger partial charge in [-0.1, -0.05) is 11.6 Å². The Bertz CT molecular complexity index is 74.0. The fourth-order valence-corrected chi connectivity index (χ4v) is 1.28. The summed E-state index contributed by atoms with van der Waals surface area (Å²) in [6.45, 7) is 3.78. The van der Waals surface area contributed by atoms with Gasteiger partial charge in [-0.15, -0.1) is 0 Å². The lowest BCUT2D eigenvalue weighted by Gasteiger charge is -1.79. The summed E-state index contributed by atoms with van der Waals surface area (Å²) in [5.41, 5.74) is 1.29. The Morgan fingerprint density at radius 3 is 2.83 bits per heavy atom. The van der Waals surface area contributed by atoms with Gasteiger partial charge in [0.1, 0.15) is 0 Å². The van der Waals surface area contributed by atoms with Crippen molar-refractivity contribution in [1.29, 1.82) is 0 Å². The average Bonchev–Trinajstić information content (AvgIpc) is 1.86. The first-order valence-electron chi connectivity index (χ1n) is 1.98. The molecule has 1 aliphatic heterocycles. The SMILES string of the molecule is [CH2]C1=CCSC1. The summed E-state index contributed by atoms with van der Waals surface area (Å²) < 4.78 is 0. The molecule has 0 aromatic heterocycles. The van der Waals surface area contributed by atoms with Crippen LogP contribution >= 0.6 is 11.8 Å². The van der Waals surface area contributed by atoms with E-state index in [1.807, 2.05) is 11.8 Å². The summed E-state index contributed by atoms with van der Waals surface area (Å²) in [5, 5.41) is 0. The third-order valence-electron chi connectivity index (χ3n) is 0.777. The largest absolute Gasteiger partial charge is 0.153 e. The van der Waals surface area contributed by atoms with Crippen LogP contribution in [0.4, 0.5) is 0 Å². The third-order valence-corrected chi connectivity index (χ3v) is 1.75. The lowest BCUT2D eigenvalue weighted by Crippen LogP contribution is -1.66. The van der Waals surface area contributed by atoms with Crippen LogP contribution in [0.5, 0.6) is 0 Å². The third kappa shape index (κ3) is 0.777. The molecule has 0 saturated carbocycles. The Balaban J connectivity index is 2.45. The van der Waals surface area contributed by atoms with Crippen LogP contribution in [-0.2, 0) is 0 Å². The van der Waals surface area contributed by atoms with Gasteiger partial charge in [0.25, 0.3) is 0 Å². The molecule has 33 valence electrons. The number of rotatable bonds is 0. The highest BCUT2D eigenvalue weighted by Crippen LogP contribution is 2.14. The first-order chi connectivity index (χ1) is 2.89. The van der Waals surface area contributed by atoms with E-state index >= 15 is 0 Å². The van der Waals surface area contributed by atoms with Crippen LogP contribution in [-0.4, -0.2) is 11.5 Å². The number of hydrogen-bond acceptors (Lipinski definition) is 1. The van der Waals surface area contributed by atoms with Crippen LogP contribution in [0.2, 0.25) is 0 Å². The fraction of sp³-hybridized carbons (Fsp3) is 0.400. The zero-order valence-corrected chi connectivity index (χ0v) is 4.42.